The van der Waals surface area contributed by atoms with Crippen LogP contribution in [0.5, 0.6) is 0 Å². The van der Waals surface area contributed by atoms with Crippen molar-refractivity contribution in [2.75, 3.05) is 37.0 Å². The Labute approximate surface area is 165 Å². The van der Waals surface area contributed by atoms with Crippen LogP contribution < -0.4 is 10.0 Å². The molecular weight excluding hydrogens is 406 g/mol. The lowest BCUT2D eigenvalue weighted by Gasteiger charge is -2.35. The number of hydrogen-bond donors (Lipinski definition) is 2. The Morgan fingerprint density at radius 3 is 2.32 bits per heavy atom. The van der Waals surface area contributed by atoms with E-state index in [0.717, 1.165) is 0 Å². The highest BCUT2D eigenvalue weighted by molar-refractivity contribution is 7.91. The van der Waals surface area contributed by atoms with Gasteiger partial charge in [-0.3, -0.25) is 10.2 Å². The van der Waals surface area contributed by atoms with Crippen LogP contribution in [0.1, 0.15) is 19.3 Å². The molecule has 2 heterocycles. The molecule has 1 atom stereocenters. The summed E-state index contributed by atoms with van der Waals surface area (Å²) in [7, 11) is -5.35. The van der Waals surface area contributed by atoms with E-state index in [1.54, 1.807) is 0 Å². The van der Waals surface area contributed by atoms with E-state index in [4.69, 9.17) is 0 Å². The lowest BCUT2D eigenvalue weighted by atomic mass is 10.0. The summed E-state index contributed by atoms with van der Waals surface area (Å²) < 4.78 is 55.7. The predicted molar refractivity (Wildman–Crippen MR) is 104 cm³/mol. The average molecular weight is 432 g/mol. The summed E-state index contributed by atoms with van der Waals surface area (Å²) >= 11 is 0. The van der Waals surface area contributed by atoms with Crippen molar-refractivity contribution in [2.24, 2.45) is 0 Å². The number of amides is 1. The van der Waals surface area contributed by atoms with Crippen LogP contribution in [0.3, 0.4) is 0 Å². The van der Waals surface area contributed by atoms with Gasteiger partial charge in [-0.05, 0) is 56.6 Å². The van der Waals surface area contributed by atoms with Gasteiger partial charge in [-0.25, -0.2) is 26.4 Å². The molecule has 11 heteroatoms. The van der Waals surface area contributed by atoms with E-state index in [2.05, 4.69) is 19.7 Å². The molecular formula is C17H25N3O6S2. The van der Waals surface area contributed by atoms with E-state index >= 15 is 0 Å². The summed E-state index contributed by atoms with van der Waals surface area (Å²) in [5.41, 5.74) is 0.436. The summed E-state index contributed by atoms with van der Waals surface area (Å²) in [5.74, 6) is 0.445. The number of sulfone groups is 1. The normalized spacial score (nSPS) is 23.4. The van der Waals surface area contributed by atoms with E-state index < -0.39 is 26.0 Å². The number of anilines is 1. The van der Waals surface area contributed by atoms with Crippen molar-refractivity contribution in [3.8, 4) is 0 Å². The van der Waals surface area contributed by atoms with Crippen LogP contribution in [0.2, 0.25) is 0 Å². The number of benzene rings is 1. The van der Waals surface area contributed by atoms with Crippen molar-refractivity contribution in [3.63, 3.8) is 0 Å². The molecule has 1 aromatic rings. The van der Waals surface area contributed by atoms with Crippen molar-refractivity contribution in [2.45, 2.75) is 36.2 Å². The van der Waals surface area contributed by atoms with Crippen LogP contribution in [0.25, 0.3) is 0 Å². The molecule has 2 aliphatic rings. The number of ether oxygens (including phenoxy) is 1. The Bertz CT molecular complexity index is 907. The second-order valence-corrected chi connectivity index (χ2v) is 11.1. The smallest absolute Gasteiger partial charge is 0.411 e. The second kappa shape index (κ2) is 8.36. The monoisotopic (exact) mass is 431 g/mol. The third-order valence-corrected chi connectivity index (χ3v) is 8.46. The summed E-state index contributed by atoms with van der Waals surface area (Å²) in [6, 6.07) is 5.70. The minimum Gasteiger partial charge on any atom is -0.453 e. The van der Waals surface area contributed by atoms with Gasteiger partial charge < -0.3 is 4.74 Å². The van der Waals surface area contributed by atoms with E-state index in [9.17, 15) is 21.6 Å². The van der Waals surface area contributed by atoms with Crippen LogP contribution in [0, 0.1) is 0 Å². The number of piperidine rings is 1. The predicted octanol–water partition coefficient (Wildman–Crippen LogP) is 0.795. The van der Waals surface area contributed by atoms with Crippen molar-refractivity contribution in [3.05, 3.63) is 24.3 Å². The number of likely N-dealkylation sites (tertiary alicyclic amines) is 1. The highest BCUT2D eigenvalue weighted by Crippen LogP contribution is 2.23. The fourth-order valence-corrected chi connectivity index (χ4v) is 6.69. The highest BCUT2D eigenvalue weighted by atomic mass is 32.2. The van der Waals surface area contributed by atoms with Gasteiger partial charge >= 0.3 is 6.09 Å². The van der Waals surface area contributed by atoms with Crippen molar-refractivity contribution >= 4 is 31.6 Å². The summed E-state index contributed by atoms with van der Waals surface area (Å²) in [6.07, 6.45) is 1.30. The Kier molecular flexibility index (Phi) is 6.28. The maximum absolute atomic E-state index is 12.6. The standard InChI is InChI=1S/C17H25N3O6S2/c1-26-17(21)18-13-2-4-16(5-3-13)28(24,25)19-14-6-9-20(10-7-14)15-8-11-27(22,23)12-15/h2-5,14-15,19H,6-12H2,1H3,(H,18,21)/t15-/m1/s1. The molecule has 0 unspecified atom stereocenters. The van der Waals surface area contributed by atoms with Gasteiger partial charge in [0.25, 0.3) is 0 Å². The molecule has 2 fully saturated rings. The number of methoxy groups -OCH3 is 1. The van der Waals surface area contributed by atoms with Crippen molar-refractivity contribution in [1.29, 1.82) is 0 Å². The molecule has 2 N–H and O–H groups in total. The van der Waals surface area contributed by atoms with Crippen LogP contribution in [0.4, 0.5) is 10.5 Å². The molecule has 1 amide bonds. The van der Waals surface area contributed by atoms with E-state index in [0.29, 0.717) is 38.0 Å². The first-order chi connectivity index (χ1) is 13.2. The van der Waals surface area contributed by atoms with Gasteiger partial charge in [0.2, 0.25) is 10.0 Å². The zero-order chi connectivity index (χ0) is 20.4. The van der Waals surface area contributed by atoms with Crippen LogP contribution >= 0.6 is 0 Å². The molecule has 1 aromatic carbocycles. The third-order valence-electron chi connectivity index (χ3n) is 5.17. The molecule has 0 radical (unpaired) electrons. The Hall–Kier alpha value is -1.69. The third kappa shape index (κ3) is 5.22. The number of carbonyl (C=O) groups is 1. The first-order valence-corrected chi connectivity index (χ1v) is 12.4. The second-order valence-electron chi connectivity index (χ2n) is 7.13. The van der Waals surface area contributed by atoms with Crippen LogP contribution in [-0.4, -0.2) is 71.6 Å². The quantitative estimate of drug-likeness (QED) is 0.707. The number of sulfonamides is 1. The first kappa shape index (κ1) is 21.0. The maximum atomic E-state index is 12.6. The largest absolute Gasteiger partial charge is 0.453 e. The number of rotatable bonds is 5. The zero-order valence-electron chi connectivity index (χ0n) is 15.6. The number of carbonyl (C=O) groups excluding carboxylic acids is 1. The van der Waals surface area contributed by atoms with E-state index in [1.807, 2.05) is 0 Å². The van der Waals surface area contributed by atoms with Gasteiger partial charge in [-0.15, -0.1) is 0 Å². The average Bonchev–Trinajstić information content (AvgIpc) is 3.02. The number of hydrogen-bond acceptors (Lipinski definition) is 7. The van der Waals surface area contributed by atoms with Gasteiger partial charge in [-0.1, -0.05) is 0 Å². The molecule has 2 saturated heterocycles. The maximum Gasteiger partial charge on any atom is 0.411 e. The molecule has 2 aliphatic heterocycles. The summed E-state index contributed by atoms with van der Waals surface area (Å²) in [5, 5.41) is 2.46. The highest BCUT2D eigenvalue weighted by Gasteiger charge is 2.34. The molecule has 156 valence electrons. The number of nitrogens with zero attached hydrogens (tertiary/aromatic N) is 1. The minimum atomic E-state index is -3.67. The molecule has 0 saturated carbocycles. The molecule has 0 spiro atoms. The van der Waals surface area contributed by atoms with E-state index in [1.165, 1.54) is 31.4 Å². The number of nitrogens with one attached hydrogen (secondary N) is 2. The van der Waals surface area contributed by atoms with Gasteiger partial charge in [0.1, 0.15) is 0 Å². The molecule has 28 heavy (non-hydrogen) atoms. The molecule has 0 aromatic heterocycles. The van der Waals surface area contributed by atoms with Gasteiger partial charge in [0.15, 0.2) is 9.84 Å². The van der Waals surface area contributed by atoms with E-state index in [-0.39, 0.29) is 28.5 Å². The Morgan fingerprint density at radius 1 is 1.14 bits per heavy atom. The SMILES string of the molecule is COC(=O)Nc1ccc(S(=O)(=O)NC2CCN([C@@H]3CCS(=O)(=O)C3)CC2)cc1. The fourth-order valence-electron chi connectivity index (χ4n) is 3.62. The van der Waals surface area contributed by atoms with Gasteiger partial charge in [-0.2, -0.15) is 0 Å². The van der Waals surface area contributed by atoms with Gasteiger partial charge in [0, 0.05) is 17.8 Å². The summed E-state index contributed by atoms with van der Waals surface area (Å²) in [6.45, 7) is 1.35. The summed E-state index contributed by atoms with van der Waals surface area (Å²) in [4.78, 5) is 13.5. The molecule has 3 rings (SSSR count). The van der Waals surface area contributed by atoms with Gasteiger partial charge in [0.05, 0.1) is 23.5 Å². The lowest BCUT2D eigenvalue weighted by molar-refractivity contribution is 0.161. The van der Waals surface area contributed by atoms with Crippen molar-refractivity contribution < 1.29 is 26.4 Å². The molecule has 0 bridgehead atoms. The fraction of sp³-hybridized carbons (Fsp3) is 0.588. The first-order valence-electron chi connectivity index (χ1n) is 9.10. The lowest BCUT2D eigenvalue weighted by Crippen LogP contribution is -2.48. The van der Waals surface area contributed by atoms with Crippen molar-refractivity contribution in [1.82, 2.24) is 9.62 Å². The Morgan fingerprint density at radius 2 is 1.79 bits per heavy atom. The molecule has 0 aliphatic carbocycles. The molecule has 9 nitrogen and oxygen atoms in total. The topological polar surface area (TPSA) is 122 Å². The van der Waals surface area contributed by atoms with Crippen LogP contribution in [-0.2, 0) is 24.6 Å². The zero-order valence-corrected chi connectivity index (χ0v) is 17.3. The minimum absolute atomic E-state index is 0.0532. The van der Waals surface area contributed by atoms with Crippen LogP contribution in [0.15, 0.2) is 29.2 Å². The Balaban J connectivity index is 1.54.